The van der Waals surface area contributed by atoms with E-state index >= 15 is 0 Å². The maximum absolute atomic E-state index is 11.9. The summed E-state index contributed by atoms with van der Waals surface area (Å²) in [5.41, 5.74) is 0.623. The van der Waals surface area contributed by atoms with Crippen molar-refractivity contribution in [3.8, 4) is 5.88 Å². The summed E-state index contributed by atoms with van der Waals surface area (Å²) in [7, 11) is 1.53. The highest BCUT2D eigenvalue weighted by Gasteiger charge is 2.24. The molecular weight excluding hydrogens is 234 g/mol. The lowest BCUT2D eigenvalue weighted by Crippen LogP contribution is -2.40. The molecule has 0 bridgehead atoms. The Morgan fingerprint density at radius 1 is 1.56 bits per heavy atom. The first-order valence-electron chi connectivity index (χ1n) is 5.76. The minimum atomic E-state index is -0.176. The van der Waals surface area contributed by atoms with E-state index < -0.39 is 0 Å². The third-order valence-corrected chi connectivity index (χ3v) is 2.85. The van der Waals surface area contributed by atoms with Crippen LogP contribution < -0.4 is 15.4 Å². The van der Waals surface area contributed by atoms with E-state index in [9.17, 15) is 9.59 Å². The molecule has 0 saturated carbocycles. The first-order chi connectivity index (χ1) is 8.69. The summed E-state index contributed by atoms with van der Waals surface area (Å²) in [4.78, 5) is 26.9. The molecular formula is C12H15N3O3. The summed E-state index contributed by atoms with van der Waals surface area (Å²) in [6, 6.07) is 3.41. The second-order valence-corrected chi connectivity index (χ2v) is 4.12. The van der Waals surface area contributed by atoms with Crippen LogP contribution in [0.2, 0.25) is 0 Å². The monoisotopic (exact) mass is 249 g/mol. The van der Waals surface area contributed by atoms with Crippen LogP contribution in [-0.4, -0.2) is 30.5 Å². The Morgan fingerprint density at radius 3 is 2.94 bits per heavy atom. The van der Waals surface area contributed by atoms with E-state index in [0.29, 0.717) is 31.0 Å². The molecule has 1 saturated heterocycles. The molecule has 6 nitrogen and oxygen atoms in total. The van der Waals surface area contributed by atoms with Crippen LogP contribution in [0.15, 0.2) is 18.3 Å². The number of amides is 2. The van der Waals surface area contributed by atoms with Gasteiger partial charge in [0.25, 0.3) is 0 Å². The molecule has 1 aliphatic rings. The number of hydrogen-bond donors (Lipinski definition) is 2. The summed E-state index contributed by atoms with van der Waals surface area (Å²) in [6.07, 6.45) is 2.53. The lowest BCUT2D eigenvalue weighted by atomic mass is 9.98. The molecule has 6 heteroatoms. The summed E-state index contributed by atoms with van der Waals surface area (Å²) >= 11 is 0. The van der Waals surface area contributed by atoms with Crippen LogP contribution >= 0.6 is 0 Å². The highest BCUT2D eigenvalue weighted by atomic mass is 16.5. The van der Waals surface area contributed by atoms with Crippen LogP contribution in [0.1, 0.15) is 12.8 Å². The largest absolute Gasteiger partial charge is 0.481 e. The van der Waals surface area contributed by atoms with Gasteiger partial charge in [0.05, 0.1) is 24.9 Å². The number of piperidine rings is 1. The van der Waals surface area contributed by atoms with Gasteiger partial charge in [-0.1, -0.05) is 0 Å². The van der Waals surface area contributed by atoms with E-state index in [2.05, 4.69) is 15.6 Å². The zero-order chi connectivity index (χ0) is 13.0. The lowest BCUT2D eigenvalue weighted by Gasteiger charge is -2.21. The van der Waals surface area contributed by atoms with E-state index in [0.717, 1.165) is 0 Å². The predicted molar refractivity (Wildman–Crippen MR) is 65.2 cm³/mol. The number of hydrogen-bond acceptors (Lipinski definition) is 4. The SMILES string of the molecule is COc1ccc(NC(=O)[C@@H]2CCC(=O)NC2)cn1. The van der Waals surface area contributed by atoms with Crippen LogP contribution in [0.25, 0.3) is 0 Å². The average Bonchev–Trinajstić information content (AvgIpc) is 2.40. The minimum absolute atomic E-state index is 0.00478. The molecule has 2 N–H and O–H groups in total. The Balaban J connectivity index is 1.92. The molecule has 0 unspecified atom stereocenters. The van der Waals surface area contributed by atoms with E-state index in [1.54, 1.807) is 12.1 Å². The summed E-state index contributed by atoms with van der Waals surface area (Å²) in [5, 5.41) is 5.45. The fraction of sp³-hybridized carbons (Fsp3) is 0.417. The van der Waals surface area contributed by atoms with Crippen LogP contribution in [0.5, 0.6) is 5.88 Å². The molecule has 0 radical (unpaired) electrons. The molecule has 2 amide bonds. The first-order valence-corrected chi connectivity index (χ1v) is 5.76. The van der Waals surface area contributed by atoms with Gasteiger partial charge in [0, 0.05) is 19.0 Å². The van der Waals surface area contributed by atoms with Crippen molar-refractivity contribution in [1.82, 2.24) is 10.3 Å². The van der Waals surface area contributed by atoms with E-state index in [-0.39, 0.29) is 17.7 Å². The molecule has 1 fully saturated rings. The van der Waals surface area contributed by atoms with Gasteiger partial charge >= 0.3 is 0 Å². The van der Waals surface area contributed by atoms with Gasteiger partial charge in [-0.3, -0.25) is 9.59 Å². The molecule has 2 rings (SSSR count). The maximum Gasteiger partial charge on any atom is 0.229 e. The Bertz CT molecular complexity index is 434. The highest BCUT2D eigenvalue weighted by molar-refractivity contribution is 5.93. The standard InChI is InChI=1S/C12H15N3O3/c1-18-11-5-3-9(7-14-11)15-12(17)8-2-4-10(16)13-6-8/h3,5,7-8H,2,4,6H2,1H3,(H,13,16)(H,15,17)/t8-/m1/s1. The van der Waals surface area contributed by atoms with Crippen LogP contribution in [0.4, 0.5) is 5.69 Å². The van der Waals surface area contributed by atoms with Gasteiger partial charge in [0.15, 0.2) is 0 Å². The number of anilines is 1. The smallest absolute Gasteiger partial charge is 0.229 e. The number of ether oxygens (including phenoxy) is 1. The van der Waals surface area contributed by atoms with E-state index in [1.165, 1.54) is 13.3 Å². The Morgan fingerprint density at radius 2 is 2.39 bits per heavy atom. The summed E-state index contributed by atoms with van der Waals surface area (Å²) in [6.45, 7) is 0.397. The number of methoxy groups -OCH3 is 1. The second-order valence-electron chi connectivity index (χ2n) is 4.12. The van der Waals surface area contributed by atoms with Crippen molar-refractivity contribution >= 4 is 17.5 Å². The molecule has 1 aliphatic heterocycles. The second kappa shape index (κ2) is 5.48. The zero-order valence-corrected chi connectivity index (χ0v) is 10.1. The summed E-state index contributed by atoms with van der Waals surface area (Å²) < 4.78 is 4.93. The predicted octanol–water partition coefficient (Wildman–Crippen LogP) is 0.555. The molecule has 96 valence electrons. The molecule has 1 aromatic rings. The van der Waals surface area contributed by atoms with Crippen LogP contribution in [-0.2, 0) is 9.59 Å². The van der Waals surface area contributed by atoms with E-state index in [1.807, 2.05) is 0 Å². The quantitative estimate of drug-likeness (QED) is 0.820. The molecule has 0 aromatic carbocycles. The molecule has 18 heavy (non-hydrogen) atoms. The third-order valence-electron chi connectivity index (χ3n) is 2.85. The Labute approximate surface area is 105 Å². The van der Waals surface area contributed by atoms with Crippen molar-refractivity contribution in [3.05, 3.63) is 18.3 Å². The van der Waals surface area contributed by atoms with Gasteiger partial charge < -0.3 is 15.4 Å². The Hall–Kier alpha value is -2.11. The number of nitrogens with zero attached hydrogens (tertiary/aromatic N) is 1. The van der Waals surface area contributed by atoms with Gasteiger partial charge in [-0.15, -0.1) is 0 Å². The van der Waals surface area contributed by atoms with E-state index in [4.69, 9.17) is 4.74 Å². The minimum Gasteiger partial charge on any atom is -0.481 e. The molecule has 2 heterocycles. The van der Waals surface area contributed by atoms with Crippen molar-refractivity contribution in [2.24, 2.45) is 5.92 Å². The van der Waals surface area contributed by atoms with Gasteiger partial charge in [-0.25, -0.2) is 4.98 Å². The average molecular weight is 249 g/mol. The fourth-order valence-corrected chi connectivity index (χ4v) is 1.78. The van der Waals surface area contributed by atoms with Gasteiger partial charge in [0.2, 0.25) is 17.7 Å². The normalized spacial score (nSPS) is 18.9. The lowest BCUT2D eigenvalue weighted by molar-refractivity contribution is -0.126. The topological polar surface area (TPSA) is 80.3 Å². The van der Waals surface area contributed by atoms with Crippen LogP contribution in [0, 0.1) is 5.92 Å². The first kappa shape index (κ1) is 12.3. The number of carbonyl (C=O) groups excluding carboxylic acids is 2. The highest BCUT2D eigenvalue weighted by Crippen LogP contribution is 2.15. The number of carbonyl (C=O) groups is 2. The number of nitrogens with one attached hydrogen (secondary N) is 2. The molecule has 0 aliphatic carbocycles. The van der Waals surface area contributed by atoms with Crippen molar-refractivity contribution in [2.45, 2.75) is 12.8 Å². The number of pyridine rings is 1. The van der Waals surface area contributed by atoms with Gasteiger partial charge in [0.1, 0.15) is 0 Å². The fourth-order valence-electron chi connectivity index (χ4n) is 1.78. The van der Waals surface area contributed by atoms with Crippen LogP contribution in [0.3, 0.4) is 0 Å². The zero-order valence-electron chi connectivity index (χ0n) is 10.1. The van der Waals surface area contributed by atoms with Crippen molar-refractivity contribution in [3.63, 3.8) is 0 Å². The number of aromatic nitrogens is 1. The molecule has 0 spiro atoms. The Kier molecular flexibility index (Phi) is 3.76. The summed E-state index contributed by atoms with van der Waals surface area (Å²) in [5.74, 6) is 0.231. The number of rotatable bonds is 3. The third kappa shape index (κ3) is 2.97. The van der Waals surface area contributed by atoms with Crippen molar-refractivity contribution in [1.29, 1.82) is 0 Å². The maximum atomic E-state index is 11.9. The van der Waals surface area contributed by atoms with Gasteiger partial charge in [-0.05, 0) is 12.5 Å². The molecule has 1 atom stereocenters. The molecule has 1 aromatic heterocycles. The van der Waals surface area contributed by atoms with Crippen molar-refractivity contribution < 1.29 is 14.3 Å². The van der Waals surface area contributed by atoms with Gasteiger partial charge in [-0.2, -0.15) is 0 Å². The van der Waals surface area contributed by atoms with Crippen molar-refractivity contribution in [2.75, 3.05) is 19.0 Å².